The maximum atomic E-state index is 12.1. The first-order valence-electron chi connectivity index (χ1n) is 6.62. The highest BCUT2D eigenvalue weighted by Crippen LogP contribution is 2.39. The van der Waals surface area contributed by atoms with Crippen molar-refractivity contribution >= 4 is 22.8 Å². The Morgan fingerprint density at radius 2 is 2.17 bits per heavy atom. The van der Waals surface area contributed by atoms with Gasteiger partial charge in [-0.15, -0.1) is 0 Å². The quantitative estimate of drug-likeness (QED) is 0.840. The zero-order chi connectivity index (χ0) is 13.2. The molecule has 1 aliphatic carbocycles. The van der Waals surface area contributed by atoms with Crippen LogP contribution in [0.4, 0.5) is 0 Å². The Morgan fingerprint density at radius 1 is 1.50 bits per heavy atom. The predicted octanol–water partition coefficient (Wildman–Crippen LogP) is 1.42. The number of likely N-dealkylation sites (tertiary alicyclic amines) is 1. The van der Waals surface area contributed by atoms with E-state index in [1.165, 1.54) is 11.8 Å². The van der Waals surface area contributed by atoms with Crippen LogP contribution >= 0.6 is 11.8 Å². The number of amides is 1. The van der Waals surface area contributed by atoms with E-state index in [4.69, 9.17) is 0 Å². The lowest BCUT2D eigenvalue weighted by Crippen LogP contribution is -2.50. The van der Waals surface area contributed by atoms with Crippen LogP contribution in [-0.2, 0) is 9.59 Å². The molecule has 1 atom stereocenters. The van der Waals surface area contributed by atoms with Crippen LogP contribution < -0.4 is 0 Å². The van der Waals surface area contributed by atoms with Gasteiger partial charge in [0.05, 0.1) is 12.1 Å². The molecule has 0 bridgehead atoms. The molecule has 1 amide bonds. The van der Waals surface area contributed by atoms with Crippen LogP contribution in [0.2, 0.25) is 0 Å². The molecular formula is C13H21NO3S. The molecule has 0 aromatic carbocycles. The largest absolute Gasteiger partial charge is 0.394 e. The van der Waals surface area contributed by atoms with Gasteiger partial charge in [-0.2, -0.15) is 0 Å². The van der Waals surface area contributed by atoms with Gasteiger partial charge < -0.3 is 10.0 Å². The van der Waals surface area contributed by atoms with E-state index < -0.39 is 0 Å². The molecule has 1 saturated carbocycles. The molecule has 0 aromatic rings. The average Bonchev–Trinajstić information content (AvgIpc) is 2.93. The van der Waals surface area contributed by atoms with Gasteiger partial charge in [-0.25, -0.2) is 0 Å². The Bertz CT molecular complexity index is 339. The average molecular weight is 271 g/mol. The number of carbonyl (C=O) groups is 2. The second kappa shape index (κ2) is 5.61. The van der Waals surface area contributed by atoms with Gasteiger partial charge in [0.1, 0.15) is 0 Å². The topological polar surface area (TPSA) is 57.6 Å². The second-order valence-corrected chi connectivity index (χ2v) is 6.66. The van der Waals surface area contributed by atoms with Crippen LogP contribution in [0.3, 0.4) is 0 Å². The highest BCUT2D eigenvalue weighted by Gasteiger charge is 2.45. The number of thioether (sulfide) groups is 1. The third kappa shape index (κ3) is 2.72. The summed E-state index contributed by atoms with van der Waals surface area (Å²) in [7, 11) is 0. The summed E-state index contributed by atoms with van der Waals surface area (Å²) in [6.45, 7) is 2.34. The lowest BCUT2D eigenvalue weighted by molar-refractivity contribution is -0.134. The van der Waals surface area contributed by atoms with Crippen LogP contribution in [0, 0.1) is 5.92 Å². The summed E-state index contributed by atoms with van der Waals surface area (Å²) in [5, 5.41) is 9.76. The van der Waals surface area contributed by atoms with Crippen molar-refractivity contribution in [2.24, 2.45) is 5.92 Å². The molecular weight excluding hydrogens is 250 g/mol. The van der Waals surface area contributed by atoms with Crippen LogP contribution in [0.1, 0.15) is 39.0 Å². The number of aliphatic hydroxyl groups is 1. The molecule has 18 heavy (non-hydrogen) atoms. The Balaban J connectivity index is 1.98. The van der Waals surface area contributed by atoms with E-state index in [1.807, 2.05) is 4.90 Å². The minimum atomic E-state index is -0.299. The molecule has 1 aliphatic heterocycles. The van der Waals surface area contributed by atoms with E-state index in [1.54, 1.807) is 6.92 Å². The normalized spacial score (nSPS) is 26.9. The lowest BCUT2D eigenvalue weighted by Gasteiger charge is -2.37. The van der Waals surface area contributed by atoms with Crippen molar-refractivity contribution in [2.75, 3.05) is 18.9 Å². The lowest BCUT2D eigenvalue weighted by atomic mass is 9.96. The molecule has 1 saturated heterocycles. The van der Waals surface area contributed by atoms with Crippen molar-refractivity contribution in [2.45, 2.75) is 44.6 Å². The number of carbonyl (C=O) groups excluding carboxylic acids is 2. The molecule has 102 valence electrons. The number of rotatable bonds is 4. The van der Waals surface area contributed by atoms with Gasteiger partial charge in [-0.3, -0.25) is 9.59 Å². The van der Waals surface area contributed by atoms with E-state index in [0.29, 0.717) is 13.0 Å². The summed E-state index contributed by atoms with van der Waals surface area (Å²) < 4.78 is 0. The second-order valence-electron chi connectivity index (χ2n) is 5.47. The van der Waals surface area contributed by atoms with Crippen molar-refractivity contribution in [1.29, 1.82) is 0 Å². The Hall–Kier alpha value is -0.550. The van der Waals surface area contributed by atoms with E-state index >= 15 is 0 Å². The number of aliphatic hydroxyl groups excluding tert-OH is 1. The van der Waals surface area contributed by atoms with Crippen LogP contribution in [-0.4, -0.2) is 45.5 Å². The van der Waals surface area contributed by atoms with E-state index in [2.05, 4.69) is 0 Å². The van der Waals surface area contributed by atoms with Crippen molar-refractivity contribution in [3.05, 3.63) is 0 Å². The summed E-state index contributed by atoms with van der Waals surface area (Å²) in [6, 6.07) is 0. The van der Waals surface area contributed by atoms with Crippen molar-refractivity contribution < 1.29 is 14.7 Å². The molecule has 0 spiro atoms. The Labute approximate surface area is 112 Å². The molecule has 1 heterocycles. The minimum Gasteiger partial charge on any atom is -0.394 e. The smallest absolute Gasteiger partial charge is 0.223 e. The number of hydrogen-bond acceptors (Lipinski definition) is 4. The summed E-state index contributed by atoms with van der Waals surface area (Å²) >= 11 is 1.30. The highest BCUT2D eigenvalue weighted by molar-refractivity contribution is 8.13. The highest BCUT2D eigenvalue weighted by atomic mass is 32.2. The van der Waals surface area contributed by atoms with Crippen LogP contribution in [0.25, 0.3) is 0 Å². The SMILES string of the molecule is CC(=O)SCC1CC(=O)N(C2(CO)CCCC2)C1. The first-order chi connectivity index (χ1) is 8.57. The van der Waals surface area contributed by atoms with Gasteiger partial charge in [0.25, 0.3) is 0 Å². The summed E-state index contributed by atoms with van der Waals surface area (Å²) in [6.07, 6.45) is 4.56. The third-order valence-electron chi connectivity index (χ3n) is 4.13. The number of nitrogens with zero attached hydrogens (tertiary/aromatic N) is 1. The van der Waals surface area contributed by atoms with Crippen molar-refractivity contribution in [3.63, 3.8) is 0 Å². The minimum absolute atomic E-state index is 0.0747. The number of hydrogen-bond donors (Lipinski definition) is 1. The van der Waals surface area contributed by atoms with Gasteiger partial charge in [-0.05, 0) is 18.8 Å². The maximum absolute atomic E-state index is 12.1. The zero-order valence-electron chi connectivity index (χ0n) is 10.9. The predicted molar refractivity (Wildman–Crippen MR) is 71.2 cm³/mol. The fourth-order valence-corrected chi connectivity index (χ4v) is 3.83. The molecule has 2 aliphatic rings. The molecule has 4 nitrogen and oxygen atoms in total. The third-order valence-corrected chi connectivity index (χ3v) is 5.17. The first-order valence-corrected chi connectivity index (χ1v) is 7.61. The fourth-order valence-electron chi connectivity index (χ4n) is 3.13. The summed E-state index contributed by atoms with van der Waals surface area (Å²) in [5.41, 5.74) is -0.299. The van der Waals surface area contributed by atoms with Crippen LogP contribution in [0.15, 0.2) is 0 Å². The van der Waals surface area contributed by atoms with Gasteiger partial charge in [0, 0.05) is 25.6 Å². The maximum Gasteiger partial charge on any atom is 0.223 e. The molecule has 1 N–H and O–H groups in total. The molecule has 2 rings (SSSR count). The van der Waals surface area contributed by atoms with Crippen molar-refractivity contribution in [1.82, 2.24) is 4.90 Å². The Kier molecular flexibility index (Phi) is 4.33. The standard InChI is InChI=1S/C13H21NO3S/c1-10(16)18-8-11-6-12(17)14(7-11)13(9-15)4-2-3-5-13/h11,15H,2-9H2,1H3. The molecule has 2 fully saturated rings. The van der Waals surface area contributed by atoms with Crippen molar-refractivity contribution in [3.8, 4) is 0 Å². The summed E-state index contributed by atoms with van der Waals surface area (Å²) in [4.78, 5) is 25.0. The fraction of sp³-hybridized carbons (Fsp3) is 0.846. The van der Waals surface area contributed by atoms with E-state index in [0.717, 1.165) is 31.4 Å². The van der Waals surface area contributed by atoms with Crippen LogP contribution in [0.5, 0.6) is 0 Å². The zero-order valence-corrected chi connectivity index (χ0v) is 11.7. The first kappa shape index (κ1) is 13.9. The molecule has 1 unspecified atom stereocenters. The van der Waals surface area contributed by atoms with Gasteiger partial charge in [-0.1, -0.05) is 24.6 Å². The van der Waals surface area contributed by atoms with E-state index in [-0.39, 0.29) is 29.1 Å². The molecule has 5 heteroatoms. The van der Waals surface area contributed by atoms with Gasteiger partial charge in [0.15, 0.2) is 5.12 Å². The van der Waals surface area contributed by atoms with E-state index in [9.17, 15) is 14.7 Å². The summed E-state index contributed by atoms with van der Waals surface area (Å²) in [5.74, 6) is 1.13. The Morgan fingerprint density at radius 3 is 2.72 bits per heavy atom. The molecule has 0 radical (unpaired) electrons. The van der Waals surface area contributed by atoms with Gasteiger partial charge in [0.2, 0.25) is 5.91 Å². The monoisotopic (exact) mass is 271 g/mol. The van der Waals surface area contributed by atoms with Gasteiger partial charge >= 0.3 is 0 Å². The molecule has 0 aromatic heterocycles.